The van der Waals surface area contributed by atoms with Crippen LogP contribution in [0.1, 0.15) is 61.8 Å². The fourth-order valence-corrected chi connectivity index (χ4v) is 9.03. The van der Waals surface area contributed by atoms with Crippen LogP contribution in [-0.2, 0) is 0 Å². The van der Waals surface area contributed by atoms with Crippen LogP contribution in [0.3, 0.4) is 0 Å². The van der Waals surface area contributed by atoms with Crippen molar-refractivity contribution < 1.29 is 0 Å². The molecule has 0 fully saturated rings. The maximum atomic E-state index is 5.37. The van der Waals surface area contributed by atoms with Gasteiger partial charge in [0.1, 0.15) is 5.82 Å². The lowest BCUT2D eigenvalue weighted by molar-refractivity contribution is 0.319. The summed E-state index contributed by atoms with van der Waals surface area (Å²) in [5.74, 6) is 2.06. The summed E-state index contributed by atoms with van der Waals surface area (Å²) in [5.41, 5.74) is -0.127. The Hall–Kier alpha value is -0.405. The van der Waals surface area contributed by atoms with Crippen molar-refractivity contribution in [1.82, 2.24) is 18.8 Å². The second-order valence-electron chi connectivity index (χ2n) is 11.7. The lowest BCUT2D eigenvalue weighted by atomic mass is 9.84. The first kappa shape index (κ1) is 28.6. The van der Waals surface area contributed by atoms with E-state index in [1.54, 1.807) is 0 Å². The lowest BCUT2D eigenvalue weighted by Crippen LogP contribution is -2.64. The van der Waals surface area contributed by atoms with Crippen molar-refractivity contribution in [3.05, 3.63) is 24.4 Å². The van der Waals surface area contributed by atoms with Crippen molar-refractivity contribution in [2.45, 2.75) is 78.4 Å². The topological polar surface area (TPSA) is 25.9 Å². The first-order chi connectivity index (χ1) is 13.8. The molecule has 1 rings (SSSR count). The van der Waals surface area contributed by atoms with Crippen molar-refractivity contribution in [2.75, 3.05) is 45.1 Å². The average Bonchev–Trinajstić information content (AvgIpc) is 2.55. The summed E-state index contributed by atoms with van der Waals surface area (Å²) in [5, 5.41) is 0. The van der Waals surface area contributed by atoms with Crippen LogP contribution in [0, 0.1) is 0 Å². The SMILES string of the molecule is CN(C)B(N(C)C)N(C(C)(C)C)S(C)(S)CCC(C)(C)N(c1ccccn1)C(C)(C)C. The molecule has 1 aromatic heterocycles. The second kappa shape index (κ2) is 10.2. The highest BCUT2D eigenvalue weighted by molar-refractivity contribution is 8.86. The van der Waals surface area contributed by atoms with Crippen LogP contribution < -0.4 is 4.90 Å². The summed E-state index contributed by atoms with van der Waals surface area (Å²) in [4.78, 5) is 11.7. The molecule has 0 spiro atoms. The zero-order valence-corrected chi connectivity index (χ0v) is 24.1. The number of hydrogen-bond donors (Lipinski definition) is 1. The van der Waals surface area contributed by atoms with Crippen molar-refractivity contribution >= 4 is 33.8 Å². The molecule has 1 heterocycles. The molecule has 1 aromatic rings. The van der Waals surface area contributed by atoms with Crippen LogP contribution in [0.2, 0.25) is 0 Å². The Bertz CT molecular complexity index is 673. The van der Waals surface area contributed by atoms with Gasteiger partial charge in [-0.25, -0.2) is 4.98 Å². The van der Waals surface area contributed by atoms with E-state index in [0.717, 1.165) is 18.0 Å². The summed E-state index contributed by atoms with van der Waals surface area (Å²) in [6, 6.07) is 6.18. The van der Waals surface area contributed by atoms with E-state index < -0.39 is 9.25 Å². The van der Waals surface area contributed by atoms with Crippen LogP contribution in [0.25, 0.3) is 0 Å². The highest BCUT2D eigenvalue weighted by Gasteiger charge is 2.45. The normalized spacial score (nSPS) is 16.5. The first-order valence-electron chi connectivity index (χ1n) is 11.1. The van der Waals surface area contributed by atoms with E-state index in [9.17, 15) is 0 Å². The molecule has 0 saturated carbocycles. The van der Waals surface area contributed by atoms with E-state index in [1.807, 2.05) is 12.3 Å². The predicted molar refractivity (Wildman–Crippen MR) is 147 cm³/mol. The minimum atomic E-state index is -1.37. The maximum absolute atomic E-state index is 5.37. The second-order valence-corrected chi connectivity index (χ2v) is 16.9. The van der Waals surface area contributed by atoms with Crippen molar-refractivity contribution in [3.63, 3.8) is 0 Å². The third-order valence-corrected chi connectivity index (χ3v) is 9.11. The van der Waals surface area contributed by atoms with E-state index >= 15 is 0 Å². The Morgan fingerprint density at radius 1 is 0.903 bits per heavy atom. The van der Waals surface area contributed by atoms with Gasteiger partial charge in [-0.3, -0.25) is 4.22 Å². The van der Waals surface area contributed by atoms with Crippen LogP contribution in [0.15, 0.2) is 24.4 Å². The van der Waals surface area contributed by atoms with Gasteiger partial charge in [0.25, 0.3) is 0 Å². The van der Waals surface area contributed by atoms with E-state index in [0.29, 0.717) is 0 Å². The summed E-state index contributed by atoms with van der Waals surface area (Å²) in [6.07, 6.45) is 5.26. The summed E-state index contributed by atoms with van der Waals surface area (Å²) in [6.45, 7) is 18.4. The number of hydrogen-bond acceptors (Lipinski definition) is 6. The van der Waals surface area contributed by atoms with Crippen molar-refractivity contribution in [3.8, 4) is 0 Å². The third-order valence-electron chi connectivity index (χ3n) is 5.47. The van der Waals surface area contributed by atoms with Crippen LogP contribution >= 0.6 is 20.9 Å². The zero-order chi connectivity index (χ0) is 24.4. The van der Waals surface area contributed by atoms with Gasteiger partial charge in [-0.2, -0.15) is 9.25 Å². The standard InChI is InChI=1S/C23H48BN5S2/c1-21(2,3)28(20-16-14-15-18-25-20)23(7,8)17-19-31(13,30)29(22(4,5)6)24(26(9)10)27(11)12/h14-16,18,30H,17,19H2,1-13H3. The lowest BCUT2D eigenvalue weighted by Gasteiger charge is -2.56. The minimum Gasteiger partial charge on any atom is -0.347 e. The molecule has 0 saturated heterocycles. The zero-order valence-electron chi connectivity index (χ0n) is 22.4. The maximum Gasteiger partial charge on any atom is 0.412 e. The molecule has 0 radical (unpaired) electrons. The number of rotatable bonds is 9. The molecule has 0 N–H and O–H groups in total. The number of anilines is 1. The molecule has 0 aromatic carbocycles. The van der Waals surface area contributed by atoms with Gasteiger partial charge in [-0.1, -0.05) is 6.07 Å². The number of thiol groups is 1. The predicted octanol–water partition coefficient (Wildman–Crippen LogP) is 5.26. The monoisotopic (exact) mass is 469 g/mol. The Morgan fingerprint density at radius 2 is 1.42 bits per heavy atom. The molecule has 31 heavy (non-hydrogen) atoms. The van der Waals surface area contributed by atoms with Gasteiger partial charge in [0.05, 0.1) is 0 Å². The molecule has 180 valence electrons. The van der Waals surface area contributed by atoms with Gasteiger partial charge in [-0.15, -0.1) is 11.7 Å². The fraction of sp³-hybridized carbons (Fsp3) is 0.783. The molecule has 1 unspecified atom stereocenters. The molecular weight excluding hydrogens is 421 g/mol. The number of nitrogens with zero attached hydrogens (tertiary/aromatic N) is 5. The molecule has 0 aliphatic rings. The van der Waals surface area contributed by atoms with E-state index in [1.165, 1.54) is 0 Å². The van der Waals surface area contributed by atoms with Gasteiger partial charge in [0.15, 0.2) is 0 Å². The summed E-state index contributed by atoms with van der Waals surface area (Å²) in [7, 11) is 7.42. The highest BCUT2D eigenvalue weighted by Crippen LogP contribution is 2.58. The number of aromatic nitrogens is 1. The van der Waals surface area contributed by atoms with Gasteiger partial charge in [0, 0.05) is 22.8 Å². The smallest absolute Gasteiger partial charge is 0.347 e. The van der Waals surface area contributed by atoms with Gasteiger partial charge < -0.3 is 14.5 Å². The molecule has 0 aliphatic heterocycles. The molecule has 0 aliphatic carbocycles. The Kier molecular flexibility index (Phi) is 9.46. The first-order valence-corrected chi connectivity index (χ1v) is 14.4. The van der Waals surface area contributed by atoms with E-state index in [2.05, 4.69) is 121 Å². The van der Waals surface area contributed by atoms with Gasteiger partial charge in [0.2, 0.25) is 0 Å². The van der Waals surface area contributed by atoms with Crippen LogP contribution in [0.4, 0.5) is 5.82 Å². The third kappa shape index (κ3) is 7.56. The Balaban J connectivity index is 3.28. The van der Waals surface area contributed by atoms with E-state index in [4.69, 9.17) is 16.6 Å². The fourth-order valence-electron chi connectivity index (χ4n) is 4.72. The molecule has 8 heteroatoms. The molecule has 5 nitrogen and oxygen atoms in total. The molecular formula is C23H48BN5S2. The Labute approximate surface area is 200 Å². The van der Waals surface area contributed by atoms with Crippen LogP contribution in [-0.4, -0.2) is 82.8 Å². The Morgan fingerprint density at radius 3 is 1.77 bits per heavy atom. The van der Waals surface area contributed by atoms with Crippen LogP contribution in [0.5, 0.6) is 0 Å². The van der Waals surface area contributed by atoms with Gasteiger partial charge >= 0.3 is 7.12 Å². The van der Waals surface area contributed by atoms with E-state index in [-0.39, 0.29) is 23.7 Å². The van der Waals surface area contributed by atoms with Crippen molar-refractivity contribution in [2.24, 2.45) is 0 Å². The van der Waals surface area contributed by atoms with Gasteiger partial charge in [-0.05, 0) is 114 Å². The quantitative estimate of drug-likeness (QED) is 0.302. The highest BCUT2D eigenvalue weighted by atomic mass is 33.1. The largest absolute Gasteiger partial charge is 0.412 e. The summed E-state index contributed by atoms with van der Waals surface area (Å²) < 4.78 is 2.61. The minimum absolute atomic E-state index is 0.0140. The average molecular weight is 470 g/mol. The summed E-state index contributed by atoms with van der Waals surface area (Å²) >= 11 is 5.37. The molecule has 1 atom stereocenters. The van der Waals surface area contributed by atoms with Crippen molar-refractivity contribution in [1.29, 1.82) is 0 Å². The number of pyridine rings is 1. The molecule has 0 bridgehead atoms. The molecule has 0 amide bonds.